The van der Waals surface area contributed by atoms with E-state index < -0.39 is 10.7 Å². The fraction of sp³-hybridized carbons (Fsp3) is 0.207. The lowest BCUT2D eigenvalue weighted by molar-refractivity contribution is -0.138. The molecule has 7 heteroatoms. The number of hydrogen-bond acceptors (Lipinski definition) is 5. The lowest BCUT2D eigenvalue weighted by Gasteiger charge is -2.18. The van der Waals surface area contributed by atoms with Crippen LogP contribution in [0.4, 0.5) is 5.69 Å². The lowest BCUT2D eigenvalue weighted by atomic mass is 10.0. The van der Waals surface area contributed by atoms with Gasteiger partial charge in [-0.15, -0.1) is 23.1 Å². The van der Waals surface area contributed by atoms with Crippen LogP contribution in [0.1, 0.15) is 49.7 Å². The number of rotatable bonds is 8. The Kier molecular flexibility index (Phi) is 7.62. The zero-order valence-electron chi connectivity index (χ0n) is 20.6. The molecule has 4 aromatic rings. The van der Waals surface area contributed by atoms with Gasteiger partial charge in [0.2, 0.25) is 0 Å². The van der Waals surface area contributed by atoms with Crippen molar-refractivity contribution in [3.63, 3.8) is 0 Å². The van der Waals surface area contributed by atoms with Crippen LogP contribution in [0.5, 0.6) is 0 Å². The average Bonchev–Trinajstić information content (AvgIpc) is 3.31. The first kappa shape index (κ1) is 25.7. The van der Waals surface area contributed by atoms with E-state index in [-0.39, 0.29) is 5.91 Å². The average molecular weight is 517 g/mol. The van der Waals surface area contributed by atoms with E-state index in [9.17, 15) is 14.7 Å². The molecule has 0 saturated heterocycles. The van der Waals surface area contributed by atoms with E-state index in [0.29, 0.717) is 11.6 Å². The normalized spacial score (nSPS) is 11.5. The topological polar surface area (TPSA) is 79.3 Å². The van der Waals surface area contributed by atoms with Gasteiger partial charge >= 0.3 is 5.97 Å². The maximum absolute atomic E-state index is 13.3. The van der Waals surface area contributed by atoms with Crippen molar-refractivity contribution < 1.29 is 14.7 Å². The van der Waals surface area contributed by atoms with E-state index in [4.69, 9.17) is 4.98 Å². The zero-order valence-corrected chi connectivity index (χ0v) is 22.2. The largest absolute Gasteiger partial charge is 0.480 e. The Morgan fingerprint density at radius 3 is 2.14 bits per heavy atom. The molecule has 0 aliphatic rings. The molecule has 0 atom stereocenters. The summed E-state index contributed by atoms with van der Waals surface area (Å²) < 4.78 is -0.929. The van der Waals surface area contributed by atoms with Crippen LogP contribution in [0.3, 0.4) is 0 Å². The number of aliphatic carboxylic acids is 1. The number of carbonyl (C=O) groups excluding carboxylic acids is 1. The van der Waals surface area contributed by atoms with Crippen LogP contribution >= 0.6 is 23.1 Å². The molecule has 1 amide bonds. The summed E-state index contributed by atoms with van der Waals surface area (Å²) in [5, 5.41) is 13.1. The van der Waals surface area contributed by atoms with E-state index in [2.05, 4.69) is 19.2 Å². The number of nitrogens with one attached hydrogen (secondary N) is 1. The molecule has 0 unspecified atom stereocenters. The van der Waals surface area contributed by atoms with E-state index in [1.54, 1.807) is 13.8 Å². The molecule has 0 fully saturated rings. The molecule has 0 spiro atoms. The molecule has 4 rings (SSSR count). The van der Waals surface area contributed by atoms with Gasteiger partial charge < -0.3 is 10.4 Å². The summed E-state index contributed by atoms with van der Waals surface area (Å²) in [6.45, 7) is 7.63. The molecule has 3 aromatic carbocycles. The molecular weight excluding hydrogens is 488 g/mol. The fourth-order valence-corrected chi connectivity index (χ4v) is 5.55. The number of hydrogen-bond donors (Lipinski definition) is 2. The summed E-state index contributed by atoms with van der Waals surface area (Å²) >= 11 is 2.75. The molecule has 0 aliphatic heterocycles. The number of nitrogens with zero attached hydrogens (tertiary/aromatic N) is 1. The number of carbonyl (C=O) groups is 2. The van der Waals surface area contributed by atoms with Crippen molar-refractivity contribution in [2.24, 2.45) is 0 Å². The molecule has 2 N–H and O–H groups in total. The third-order valence-corrected chi connectivity index (χ3v) is 8.05. The van der Waals surface area contributed by atoms with Crippen molar-refractivity contribution in [3.8, 4) is 21.0 Å². The van der Waals surface area contributed by atoms with Gasteiger partial charge in [0.05, 0.1) is 4.88 Å². The Morgan fingerprint density at radius 1 is 0.917 bits per heavy atom. The molecule has 1 heterocycles. The maximum atomic E-state index is 13.3. The van der Waals surface area contributed by atoms with Crippen LogP contribution in [0, 0.1) is 0 Å². The number of thiazole rings is 1. The second-order valence-corrected chi connectivity index (χ2v) is 11.9. The highest BCUT2D eigenvalue weighted by Crippen LogP contribution is 2.38. The number of benzene rings is 3. The van der Waals surface area contributed by atoms with Crippen LogP contribution in [-0.4, -0.2) is 26.7 Å². The van der Waals surface area contributed by atoms with Crippen LogP contribution in [0.2, 0.25) is 0 Å². The van der Waals surface area contributed by atoms with Gasteiger partial charge in [-0.2, -0.15) is 0 Å². The molecule has 0 aliphatic carbocycles. The SMILES string of the molecule is CC(C)c1ccc(NC(=O)c2nc(-c3ccc(SC(C)(C)C(=O)O)cc3)sc2-c2ccccc2)cc1. The monoisotopic (exact) mass is 516 g/mol. The Labute approximate surface area is 219 Å². The van der Waals surface area contributed by atoms with Crippen molar-refractivity contribution in [1.82, 2.24) is 4.98 Å². The maximum Gasteiger partial charge on any atom is 0.319 e. The first-order valence-electron chi connectivity index (χ1n) is 11.6. The van der Waals surface area contributed by atoms with Crippen LogP contribution < -0.4 is 5.32 Å². The molecule has 0 radical (unpaired) electrons. The van der Waals surface area contributed by atoms with Crippen molar-refractivity contribution >= 4 is 40.7 Å². The lowest BCUT2D eigenvalue weighted by Crippen LogP contribution is -2.26. The molecule has 0 bridgehead atoms. The van der Waals surface area contributed by atoms with Crippen molar-refractivity contribution in [2.45, 2.75) is 43.3 Å². The van der Waals surface area contributed by atoms with Crippen LogP contribution in [0.25, 0.3) is 21.0 Å². The Hall–Kier alpha value is -3.42. The van der Waals surface area contributed by atoms with E-state index >= 15 is 0 Å². The van der Waals surface area contributed by atoms with Gasteiger partial charge in [-0.25, -0.2) is 4.98 Å². The zero-order chi connectivity index (χ0) is 25.9. The summed E-state index contributed by atoms with van der Waals surface area (Å²) in [5.41, 5.74) is 4.11. The molecule has 184 valence electrons. The third-order valence-electron chi connectivity index (χ3n) is 5.70. The molecular formula is C29H28N2O3S2. The van der Waals surface area contributed by atoms with E-state index in [1.807, 2.05) is 78.9 Å². The fourth-order valence-electron chi connectivity index (χ4n) is 3.53. The van der Waals surface area contributed by atoms with Crippen LogP contribution in [0.15, 0.2) is 83.8 Å². The second-order valence-electron chi connectivity index (χ2n) is 9.24. The van der Waals surface area contributed by atoms with Gasteiger partial charge in [-0.1, -0.05) is 68.4 Å². The summed E-state index contributed by atoms with van der Waals surface area (Å²) in [5.74, 6) is -0.706. The summed E-state index contributed by atoms with van der Waals surface area (Å²) in [4.78, 5) is 31.2. The predicted molar refractivity (Wildman–Crippen MR) is 149 cm³/mol. The van der Waals surface area contributed by atoms with Gasteiger partial charge in [0.15, 0.2) is 0 Å². The number of aromatic nitrogens is 1. The first-order valence-corrected chi connectivity index (χ1v) is 13.3. The highest BCUT2D eigenvalue weighted by molar-refractivity contribution is 8.01. The van der Waals surface area contributed by atoms with Crippen molar-refractivity contribution in [1.29, 1.82) is 0 Å². The first-order chi connectivity index (χ1) is 17.1. The van der Waals surface area contributed by atoms with Gasteiger partial charge in [-0.3, -0.25) is 9.59 Å². The van der Waals surface area contributed by atoms with Crippen molar-refractivity contribution in [3.05, 3.63) is 90.1 Å². The van der Waals surface area contributed by atoms with E-state index in [0.717, 1.165) is 31.6 Å². The molecule has 0 saturated carbocycles. The number of anilines is 1. The van der Waals surface area contributed by atoms with Gasteiger partial charge in [0.25, 0.3) is 5.91 Å². The summed E-state index contributed by atoms with van der Waals surface area (Å²) in [6.07, 6.45) is 0. The summed E-state index contributed by atoms with van der Waals surface area (Å²) in [6, 6.07) is 25.3. The molecule has 1 aromatic heterocycles. The van der Waals surface area contributed by atoms with Crippen LogP contribution in [-0.2, 0) is 4.79 Å². The number of thioether (sulfide) groups is 1. The summed E-state index contributed by atoms with van der Waals surface area (Å²) in [7, 11) is 0. The van der Waals surface area contributed by atoms with Gasteiger partial charge in [0, 0.05) is 16.1 Å². The number of amides is 1. The predicted octanol–water partition coefficient (Wildman–Crippen LogP) is 7.81. The number of carboxylic acids is 1. The Morgan fingerprint density at radius 2 is 1.56 bits per heavy atom. The third kappa shape index (κ3) is 5.86. The second kappa shape index (κ2) is 10.7. The molecule has 36 heavy (non-hydrogen) atoms. The van der Waals surface area contributed by atoms with E-state index in [1.165, 1.54) is 28.7 Å². The Balaban J connectivity index is 1.64. The Bertz CT molecular complexity index is 1360. The van der Waals surface area contributed by atoms with Gasteiger partial charge in [-0.05, 0) is 55.2 Å². The minimum Gasteiger partial charge on any atom is -0.480 e. The highest BCUT2D eigenvalue weighted by Gasteiger charge is 2.28. The van der Waals surface area contributed by atoms with Crippen molar-refractivity contribution in [2.75, 3.05) is 5.32 Å². The standard InChI is InChI=1S/C29H28N2O3S2/c1-18(2)19-10-14-22(15-11-19)30-26(32)24-25(20-8-6-5-7-9-20)35-27(31-24)21-12-16-23(17-13-21)36-29(3,4)28(33)34/h5-18H,1-4H3,(H,30,32)(H,33,34). The minimum atomic E-state index is -0.929. The molecule has 5 nitrogen and oxygen atoms in total. The minimum absolute atomic E-state index is 0.260. The van der Waals surface area contributed by atoms with Gasteiger partial charge in [0.1, 0.15) is 15.4 Å². The quantitative estimate of drug-likeness (QED) is 0.234. The highest BCUT2D eigenvalue weighted by atomic mass is 32.2. The number of carboxylic acid groups (broad SMARTS) is 1. The smallest absolute Gasteiger partial charge is 0.319 e.